The van der Waals surface area contributed by atoms with Gasteiger partial charge in [-0.1, -0.05) is 24.3 Å². The first-order chi connectivity index (χ1) is 19.0. The Balaban J connectivity index is 1.56. The Morgan fingerprint density at radius 1 is 0.974 bits per heavy atom. The molecule has 0 radical (unpaired) electrons. The van der Waals surface area contributed by atoms with Crippen LogP contribution in [0.1, 0.15) is 25.3 Å². The van der Waals surface area contributed by atoms with Gasteiger partial charge in [-0.25, -0.2) is 15.0 Å². The van der Waals surface area contributed by atoms with Crippen LogP contribution in [-0.4, -0.2) is 38.5 Å². The smallest absolute Gasteiger partial charge is 0.221 e. The van der Waals surface area contributed by atoms with E-state index in [9.17, 15) is 4.79 Å². The van der Waals surface area contributed by atoms with Crippen LogP contribution >= 0.6 is 0 Å². The first-order valence-electron chi connectivity index (χ1n) is 13.0. The van der Waals surface area contributed by atoms with Crippen molar-refractivity contribution in [2.75, 3.05) is 24.1 Å². The van der Waals surface area contributed by atoms with Crippen molar-refractivity contribution in [1.82, 2.24) is 24.8 Å². The van der Waals surface area contributed by atoms with Crippen molar-refractivity contribution in [2.24, 2.45) is 5.73 Å². The molecule has 2 aromatic carbocycles. The molecule has 9 nitrogen and oxygen atoms in total. The van der Waals surface area contributed by atoms with Crippen LogP contribution in [0.15, 0.2) is 79.0 Å². The summed E-state index contributed by atoms with van der Waals surface area (Å²) < 4.78 is 2.02. The van der Waals surface area contributed by atoms with Gasteiger partial charge in [-0.2, -0.15) is 0 Å². The number of hydrogen-bond acceptors (Lipinski definition) is 7. The standard InChI is InChI=1S/C30H32N8O/c1-20(39)35-23-7-4-6-22(18-23)26-13-14-27-30(36-26)38(29(37-27)25-8-5-17-34-28(25)32)24-11-9-21(10-12-24)19-33-16-3-2-15-31/h4-14,17-18,33H,2-3,15-16,19,31H2,1H3,(H2,32,34)(H,35,39). The topological polar surface area (TPSA) is 137 Å². The molecule has 0 aliphatic rings. The van der Waals surface area contributed by atoms with Gasteiger partial charge in [0.15, 0.2) is 11.5 Å². The van der Waals surface area contributed by atoms with Gasteiger partial charge < -0.3 is 22.1 Å². The van der Waals surface area contributed by atoms with E-state index in [4.69, 9.17) is 21.4 Å². The van der Waals surface area contributed by atoms with Crippen molar-refractivity contribution >= 4 is 28.6 Å². The maximum Gasteiger partial charge on any atom is 0.221 e. The second-order valence-electron chi connectivity index (χ2n) is 9.35. The molecule has 9 heteroatoms. The van der Waals surface area contributed by atoms with Crippen LogP contribution in [0.3, 0.4) is 0 Å². The van der Waals surface area contributed by atoms with E-state index < -0.39 is 0 Å². The Morgan fingerprint density at radius 3 is 2.59 bits per heavy atom. The molecular weight excluding hydrogens is 488 g/mol. The molecule has 0 fully saturated rings. The zero-order chi connectivity index (χ0) is 27.2. The van der Waals surface area contributed by atoms with Crippen LogP contribution in [0.25, 0.3) is 39.5 Å². The third-order valence-corrected chi connectivity index (χ3v) is 6.39. The summed E-state index contributed by atoms with van der Waals surface area (Å²) in [5.74, 6) is 0.942. The van der Waals surface area contributed by atoms with Crippen LogP contribution in [0, 0.1) is 0 Å². The maximum absolute atomic E-state index is 11.6. The molecule has 0 bridgehead atoms. The number of fused-ring (bicyclic) bond motifs is 1. The zero-order valence-corrected chi connectivity index (χ0v) is 21.9. The summed E-state index contributed by atoms with van der Waals surface area (Å²) in [5, 5.41) is 6.30. The van der Waals surface area contributed by atoms with Crippen molar-refractivity contribution < 1.29 is 4.79 Å². The van der Waals surface area contributed by atoms with E-state index in [1.807, 2.05) is 53.1 Å². The summed E-state index contributed by atoms with van der Waals surface area (Å²) in [4.78, 5) is 25.8. The molecular formula is C30H32N8O. The lowest BCUT2D eigenvalue weighted by atomic mass is 10.1. The predicted octanol–water partition coefficient (Wildman–Crippen LogP) is 4.52. The second-order valence-corrected chi connectivity index (χ2v) is 9.35. The van der Waals surface area contributed by atoms with Crippen molar-refractivity contribution in [3.05, 3.63) is 84.6 Å². The van der Waals surface area contributed by atoms with Gasteiger partial charge in [0.25, 0.3) is 0 Å². The summed E-state index contributed by atoms with van der Waals surface area (Å²) in [5.41, 5.74) is 18.5. The number of rotatable bonds is 10. The summed E-state index contributed by atoms with van der Waals surface area (Å²) in [6, 6.07) is 23.6. The number of carbonyl (C=O) groups excluding carboxylic acids is 1. The van der Waals surface area contributed by atoms with Crippen LogP contribution in [0.5, 0.6) is 0 Å². The summed E-state index contributed by atoms with van der Waals surface area (Å²) >= 11 is 0. The van der Waals surface area contributed by atoms with Gasteiger partial charge in [0.05, 0.1) is 11.3 Å². The van der Waals surface area contributed by atoms with E-state index >= 15 is 0 Å². The maximum atomic E-state index is 11.6. The largest absolute Gasteiger partial charge is 0.383 e. The van der Waals surface area contributed by atoms with Crippen molar-refractivity contribution in [1.29, 1.82) is 0 Å². The Hall–Kier alpha value is -4.60. The molecule has 0 aliphatic heterocycles. The van der Waals surface area contributed by atoms with Gasteiger partial charge in [0.1, 0.15) is 11.3 Å². The molecule has 39 heavy (non-hydrogen) atoms. The number of carbonyl (C=O) groups is 1. The number of nitrogens with zero attached hydrogens (tertiary/aromatic N) is 4. The fourth-order valence-electron chi connectivity index (χ4n) is 4.50. The Bertz CT molecular complexity index is 1590. The van der Waals surface area contributed by atoms with Crippen LogP contribution in [0.4, 0.5) is 11.5 Å². The van der Waals surface area contributed by atoms with Crippen LogP contribution in [-0.2, 0) is 11.3 Å². The lowest BCUT2D eigenvalue weighted by molar-refractivity contribution is -0.114. The molecule has 0 saturated carbocycles. The number of pyridine rings is 2. The SMILES string of the molecule is CC(=O)Nc1cccc(-c2ccc3nc(-c4cccnc4N)n(-c4ccc(CNCCCCN)cc4)c3n2)c1. The third-order valence-electron chi connectivity index (χ3n) is 6.39. The van der Waals surface area contributed by atoms with E-state index in [1.165, 1.54) is 12.5 Å². The lowest BCUT2D eigenvalue weighted by Gasteiger charge is -2.12. The molecule has 5 aromatic rings. The van der Waals surface area contributed by atoms with Gasteiger partial charge in [-0.3, -0.25) is 9.36 Å². The molecule has 3 heterocycles. The van der Waals surface area contributed by atoms with Gasteiger partial charge in [-0.05, 0) is 80.0 Å². The van der Waals surface area contributed by atoms with Crippen LogP contribution in [0.2, 0.25) is 0 Å². The number of nitrogens with one attached hydrogen (secondary N) is 2. The highest BCUT2D eigenvalue weighted by atomic mass is 16.1. The normalized spacial score (nSPS) is 11.1. The van der Waals surface area contributed by atoms with Crippen molar-refractivity contribution in [3.63, 3.8) is 0 Å². The molecule has 0 saturated heterocycles. The number of imidazole rings is 1. The number of hydrogen-bond donors (Lipinski definition) is 4. The average Bonchev–Trinajstić information content (AvgIpc) is 3.32. The van der Waals surface area contributed by atoms with Gasteiger partial charge in [-0.15, -0.1) is 0 Å². The third kappa shape index (κ3) is 5.95. The van der Waals surface area contributed by atoms with E-state index in [0.717, 1.165) is 60.5 Å². The molecule has 1 amide bonds. The molecule has 0 aliphatic carbocycles. The van der Waals surface area contributed by atoms with E-state index in [1.54, 1.807) is 6.20 Å². The molecule has 0 spiro atoms. The number of unbranched alkanes of at least 4 members (excludes halogenated alkanes) is 1. The van der Waals surface area contributed by atoms with Crippen LogP contribution < -0.4 is 22.1 Å². The summed E-state index contributed by atoms with van der Waals surface area (Å²) in [6.07, 6.45) is 3.75. The number of nitrogen functional groups attached to an aromatic ring is 1. The highest BCUT2D eigenvalue weighted by molar-refractivity contribution is 5.90. The molecule has 3 aromatic heterocycles. The highest BCUT2D eigenvalue weighted by Gasteiger charge is 2.19. The minimum Gasteiger partial charge on any atom is -0.383 e. The van der Waals surface area contributed by atoms with Crippen molar-refractivity contribution in [3.8, 4) is 28.3 Å². The number of nitrogens with two attached hydrogens (primary N) is 2. The van der Waals surface area contributed by atoms with Gasteiger partial charge >= 0.3 is 0 Å². The first-order valence-corrected chi connectivity index (χ1v) is 13.0. The second kappa shape index (κ2) is 11.8. The Kier molecular flexibility index (Phi) is 7.91. The fraction of sp³-hybridized carbons (Fsp3) is 0.200. The molecule has 6 N–H and O–H groups in total. The minimum atomic E-state index is -0.124. The first kappa shape index (κ1) is 26.0. The van der Waals surface area contributed by atoms with Crippen molar-refractivity contribution in [2.45, 2.75) is 26.3 Å². The molecule has 0 unspecified atom stereocenters. The monoisotopic (exact) mass is 520 g/mol. The van der Waals surface area contributed by atoms with E-state index in [0.29, 0.717) is 23.0 Å². The predicted molar refractivity (Wildman–Crippen MR) is 156 cm³/mol. The molecule has 5 rings (SSSR count). The highest BCUT2D eigenvalue weighted by Crippen LogP contribution is 2.32. The number of aromatic nitrogens is 4. The number of benzene rings is 2. The quantitative estimate of drug-likeness (QED) is 0.199. The summed E-state index contributed by atoms with van der Waals surface area (Å²) in [6.45, 7) is 3.93. The van der Waals surface area contributed by atoms with Gasteiger partial charge in [0.2, 0.25) is 5.91 Å². The molecule has 0 atom stereocenters. The number of anilines is 2. The minimum absolute atomic E-state index is 0.124. The van der Waals surface area contributed by atoms with E-state index in [-0.39, 0.29) is 5.91 Å². The molecule has 198 valence electrons. The zero-order valence-electron chi connectivity index (χ0n) is 21.9. The Labute approximate surface area is 227 Å². The Morgan fingerprint density at radius 2 is 1.82 bits per heavy atom. The van der Waals surface area contributed by atoms with E-state index in [2.05, 4.69) is 39.9 Å². The number of amides is 1. The lowest BCUT2D eigenvalue weighted by Crippen LogP contribution is -2.15. The fourth-order valence-corrected chi connectivity index (χ4v) is 4.50. The average molecular weight is 521 g/mol. The van der Waals surface area contributed by atoms with Gasteiger partial charge in [0, 0.05) is 36.6 Å². The summed E-state index contributed by atoms with van der Waals surface area (Å²) in [7, 11) is 0.